The molecule has 2 heterocycles. The lowest BCUT2D eigenvalue weighted by atomic mass is 9.94. The maximum Gasteiger partial charge on any atom is 0.325 e. The minimum Gasteiger partial charge on any atom is -0.493 e. The quantitative estimate of drug-likeness (QED) is 0.786. The highest BCUT2D eigenvalue weighted by Crippen LogP contribution is 2.42. The molecule has 1 unspecified atom stereocenters. The van der Waals surface area contributed by atoms with Gasteiger partial charge in [0.25, 0.3) is 0 Å². The van der Waals surface area contributed by atoms with Gasteiger partial charge in [-0.1, -0.05) is 0 Å². The van der Waals surface area contributed by atoms with E-state index in [4.69, 9.17) is 20.3 Å². The van der Waals surface area contributed by atoms with E-state index in [2.05, 4.69) is 0 Å². The van der Waals surface area contributed by atoms with E-state index in [1.54, 1.807) is 0 Å². The average Bonchev–Trinajstić information content (AvgIpc) is 2.91. The highest BCUT2D eigenvalue weighted by molar-refractivity contribution is 5.78. The van der Waals surface area contributed by atoms with Crippen LogP contribution in [-0.4, -0.2) is 24.3 Å². The number of carboxylic acids is 1. The van der Waals surface area contributed by atoms with Gasteiger partial charge in [-0.2, -0.15) is 0 Å². The van der Waals surface area contributed by atoms with Crippen molar-refractivity contribution in [3.63, 3.8) is 0 Å². The van der Waals surface area contributed by atoms with Crippen LogP contribution in [0.4, 0.5) is 0 Å². The molecule has 0 aromatic heterocycles. The molecule has 0 saturated carbocycles. The topological polar surface area (TPSA) is 81.8 Å². The summed E-state index contributed by atoms with van der Waals surface area (Å²) in [7, 11) is 0. The molecule has 0 amide bonds. The van der Waals surface area contributed by atoms with Crippen LogP contribution in [0.1, 0.15) is 22.7 Å². The smallest absolute Gasteiger partial charge is 0.325 e. The zero-order valence-corrected chi connectivity index (χ0v) is 9.23. The van der Waals surface area contributed by atoms with Gasteiger partial charge in [0.05, 0.1) is 13.2 Å². The largest absolute Gasteiger partial charge is 0.493 e. The van der Waals surface area contributed by atoms with Crippen LogP contribution in [0.25, 0.3) is 0 Å². The summed E-state index contributed by atoms with van der Waals surface area (Å²) >= 11 is 0. The molecule has 1 aromatic rings. The number of rotatable bonds is 2. The summed E-state index contributed by atoms with van der Waals surface area (Å²) in [4.78, 5) is 11.1. The molecule has 0 fully saturated rings. The molecule has 1 aromatic carbocycles. The number of ether oxygens (including phenoxy) is 2. The van der Waals surface area contributed by atoms with E-state index < -0.39 is 12.0 Å². The van der Waals surface area contributed by atoms with Gasteiger partial charge in [-0.05, 0) is 6.07 Å². The lowest BCUT2D eigenvalue weighted by molar-refractivity contribution is -0.138. The molecule has 3 rings (SSSR count). The Morgan fingerprint density at radius 3 is 2.88 bits per heavy atom. The molecular formula is C12H13NO4. The van der Waals surface area contributed by atoms with Gasteiger partial charge in [0.2, 0.25) is 0 Å². The summed E-state index contributed by atoms with van der Waals surface area (Å²) in [6, 6.07) is 0.904. The van der Waals surface area contributed by atoms with Crippen molar-refractivity contribution >= 4 is 5.97 Å². The third-order valence-electron chi connectivity index (χ3n) is 3.27. The Labute approximate surface area is 98.1 Å². The molecule has 17 heavy (non-hydrogen) atoms. The second kappa shape index (κ2) is 3.63. The first kappa shape index (κ1) is 10.4. The number of hydrogen-bond acceptors (Lipinski definition) is 4. The Bertz CT molecular complexity index is 466. The van der Waals surface area contributed by atoms with E-state index in [0.29, 0.717) is 30.9 Å². The summed E-state index contributed by atoms with van der Waals surface area (Å²) in [5.41, 5.74) is 8.23. The average molecular weight is 235 g/mol. The van der Waals surface area contributed by atoms with E-state index in [1.165, 1.54) is 0 Å². The van der Waals surface area contributed by atoms with Crippen molar-refractivity contribution in [3.8, 4) is 11.5 Å². The van der Waals surface area contributed by atoms with E-state index in [0.717, 1.165) is 23.3 Å². The maximum absolute atomic E-state index is 11.1. The van der Waals surface area contributed by atoms with Crippen LogP contribution in [0.5, 0.6) is 11.5 Å². The molecule has 2 aliphatic heterocycles. The Morgan fingerprint density at radius 1 is 1.35 bits per heavy atom. The van der Waals surface area contributed by atoms with Crippen molar-refractivity contribution in [2.45, 2.75) is 18.9 Å². The molecule has 5 heteroatoms. The van der Waals surface area contributed by atoms with Gasteiger partial charge >= 0.3 is 5.97 Å². The van der Waals surface area contributed by atoms with E-state index in [1.807, 2.05) is 6.07 Å². The van der Waals surface area contributed by atoms with Gasteiger partial charge in [0.1, 0.15) is 17.5 Å². The second-order valence-electron chi connectivity index (χ2n) is 4.27. The zero-order valence-electron chi connectivity index (χ0n) is 9.23. The number of aliphatic carboxylic acids is 1. The molecule has 0 aliphatic carbocycles. The Hall–Kier alpha value is -1.75. The van der Waals surface area contributed by atoms with Crippen molar-refractivity contribution in [1.82, 2.24) is 0 Å². The van der Waals surface area contributed by atoms with Crippen molar-refractivity contribution in [2.24, 2.45) is 5.73 Å². The molecule has 0 spiro atoms. The van der Waals surface area contributed by atoms with Crippen molar-refractivity contribution in [1.29, 1.82) is 0 Å². The summed E-state index contributed by atoms with van der Waals surface area (Å²) in [5.74, 6) is 0.383. The fourth-order valence-electron chi connectivity index (χ4n) is 2.47. The minimum atomic E-state index is -1.04. The molecule has 2 aliphatic rings. The predicted octanol–water partition coefficient (Wildman–Crippen LogP) is 0.641. The maximum atomic E-state index is 11.1. The number of carboxylic acid groups (broad SMARTS) is 1. The van der Waals surface area contributed by atoms with Crippen LogP contribution in [0, 0.1) is 0 Å². The Morgan fingerprint density at radius 2 is 2.12 bits per heavy atom. The van der Waals surface area contributed by atoms with Crippen LogP contribution in [0.3, 0.4) is 0 Å². The third kappa shape index (κ3) is 1.46. The summed E-state index contributed by atoms with van der Waals surface area (Å²) in [6.45, 7) is 1.16. The third-order valence-corrected chi connectivity index (χ3v) is 3.27. The number of nitrogens with two attached hydrogens (primary N) is 1. The van der Waals surface area contributed by atoms with Crippen LogP contribution in [-0.2, 0) is 17.6 Å². The molecule has 0 bridgehead atoms. The normalized spacial score (nSPS) is 17.9. The number of hydrogen-bond donors (Lipinski definition) is 2. The highest BCUT2D eigenvalue weighted by atomic mass is 16.5. The van der Waals surface area contributed by atoms with Gasteiger partial charge in [-0.3, -0.25) is 4.79 Å². The summed E-state index contributed by atoms with van der Waals surface area (Å²) < 4.78 is 11.0. The Kier molecular flexibility index (Phi) is 2.22. The summed E-state index contributed by atoms with van der Waals surface area (Å²) in [5, 5.41) is 9.08. The molecule has 90 valence electrons. The lowest BCUT2D eigenvalue weighted by Crippen LogP contribution is -2.22. The van der Waals surface area contributed by atoms with E-state index >= 15 is 0 Å². The van der Waals surface area contributed by atoms with Crippen molar-refractivity contribution in [3.05, 3.63) is 22.8 Å². The van der Waals surface area contributed by atoms with Crippen LogP contribution >= 0.6 is 0 Å². The monoisotopic (exact) mass is 235 g/mol. The van der Waals surface area contributed by atoms with E-state index in [9.17, 15) is 4.79 Å². The fourth-order valence-corrected chi connectivity index (χ4v) is 2.47. The molecule has 1 atom stereocenters. The number of benzene rings is 1. The second-order valence-corrected chi connectivity index (χ2v) is 4.27. The standard InChI is InChI=1S/C12H13NO4/c13-10(12(14)15)9-7-2-4-16-8(7)5-6-1-3-17-11(6)9/h5,10H,1-4,13H2,(H,14,15). The first-order valence-electron chi connectivity index (χ1n) is 5.61. The van der Waals surface area contributed by atoms with Crippen LogP contribution in [0.15, 0.2) is 6.07 Å². The molecular weight excluding hydrogens is 222 g/mol. The number of carbonyl (C=O) groups is 1. The fraction of sp³-hybridized carbons (Fsp3) is 0.417. The SMILES string of the molecule is NC(C(=O)O)c1c2c(cc3c1OCC3)OCC2. The first-order chi connectivity index (χ1) is 8.18. The minimum absolute atomic E-state index is 0.581. The van der Waals surface area contributed by atoms with Gasteiger partial charge < -0.3 is 20.3 Å². The first-order valence-corrected chi connectivity index (χ1v) is 5.61. The molecule has 0 radical (unpaired) electrons. The summed E-state index contributed by atoms with van der Waals surface area (Å²) in [6.07, 6.45) is 1.48. The number of fused-ring (bicyclic) bond motifs is 2. The van der Waals surface area contributed by atoms with Gasteiger partial charge in [-0.15, -0.1) is 0 Å². The highest BCUT2D eigenvalue weighted by Gasteiger charge is 2.31. The predicted molar refractivity (Wildman–Crippen MR) is 59.4 cm³/mol. The van der Waals surface area contributed by atoms with Gasteiger partial charge in [0.15, 0.2) is 0 Å². The van der Waals surface area contributed by atoms with Crippen molar-refractivity contribution in [2.75, 3.05) is 13.2 Å². The zero-order chi connectivity index (χ0) is 12.0. The Balaban J connectivity index is 2.21. The molecule has 5 nitrogen and oxygen atoms in total. The van der Waals surface area contributed by atoms with Crippen LogP contribution in [0.2, 0.25) is 0 Å². The van der Waals surface area contributed by atoms with E-state index in [-0.39, 0.29) is 0 Å². The van der Waals surface area contributed by atoms with Crippen LogP contribution < -0.4 is 15.2 Å². The van der Waals surface area contributed by atoms with Gasteiger partial charge in [-0.25, -0.2) is 0 Å². The van der Waals surface area contributed by atoms with Gasteiger partial charge in [0, 0.05) is 29.5 Å². The lowest BCUT2D eigenvalue weighted by Gasteiger charge is -2.15. The molecule has 3 N–H and O–H groups in total. The van der Waals surface area contributed by atoms with Crippen molar-refractivity contribution < 1.29 is 19.4 Å². The molecule has 0 saturated heterocycles.